The van der Waals surface area contributed by atoms with Gasteiger partial charge in [0.1, 0.15) is 24.8 Å². The number of aliphatic hydroxyl groups excluding tert-OH is 1. The first kappa shape index (κ1) is 21.8. The highest BCUT2D eigenvalue weighted by atomic mass is 35.5. The van der Waals surface area contributed by atoms with Crippen LogP contribution in [0.25, 0.3) is 5.69 Å². The summed E-state index contributed by atoms with van der Waals surface area (Å²) in [5, 5.41) is 24.7. The Morgan fingerprint density at radius 2 is 1.86 bits per heavy atom. The molecule has 3 rings (SSSR count). The molecule has 28 heavy (non-hydrogen) atoms. The van der Waals surface area contributed by atoms with E-state index in [1.54, 1.807) is 11.0 Å². The molecule has 0 saturated carbocycles. The van der Waals surface area contributed by atoms with Gasteiger partial charge >= 0.3 is 0 Å². The number of halogens is 1. The van der Waals surface area contributed by atoms with Crippen molar-refractivity contribution in [3.05, 3.63) is 65.5 Å². The van der Waals surface area contributed by atoms with Gasteiger partial charge in [-0.05, 0) is 72.2 Å². The molecule has 0 fully saturated rings. The third kappa shape index (κ3) is 5.76. The second-order valence-electron chi connectivity index (χ2n) is 6.69. The number of rotatable bonds is 8. The van der Waals surface area contributed by atoms with Gasteiger partial charge in [-0.25, -0.2) is 4.68 Å². The minimum absolute atomic E-state index is 0. The maximum atomic E-state index is 10.2. The SMILES string of the molecule is Cc1ccc(OCC(O)CNC(C)c2ccc(-n3cnnn3)cc2)cc1C.Cl. The molecule has 0 aliphatic heterocycles. The fourth-order valence-electron chi connectivity index (χ4n) is 2.68. The van der Waals surface area contributed by atoms with Gasteiger partial charge < -0.3 is 15.2 Å². The Bertz CT molecular complexity index is 856. The van der Waals surface area contributed by atoms with Crippen LogP contribution in [0.2, 0.25) is 0 Å². The number of benzene rings is 2. The topological polar surface area (TPSA) is 85.1 Å². The first-order chi connectivity index (χ1) is 13.0. The van der Waals surface area contributed by atoms with E-state index in [1.165, 1.54) is 11.1 Å². The van der Waals surface area contributed by atoms with Crippen molar-refractivity contribution >= 4 is 12.4 Å². The summed E-state index contributed by atoms with van der Waals surface area (Å²) < 4.78 is 7.29. The highest BCUT2D eigenvalue weighted by Gasteiger charge is 2.10. The van der Waals surface area contributed by atoms with E-state index in [-0.39, 0.29) is 25.1 Å². The van der Waals surface area contributed by atoms with Gasteiger partial charge in [0.05, 0.1) is 5.69 Å². The van der Waals surface area contributed by atoms with E-state index in [0.717, 1.165) is 17.0 Å². The number of hydrogen-bond acceptors (Lipinski definition) is 6. The summed E-state index contributed by atoms with van der Waals surface area (Å²) >= 11 is 0. The van der Waals surface area contributed by atoms with Crippen molar-refractivity contribution in [2.24, 2.45) is 0 Å². The summed E-state index contributed by atoms with van der Waals surface area (Å²) in [6, 6.07) is 14.0. The van der Waals surface area contributed by atoms with Gasteiger partial charge in [-0.15, -0.1) is 17.5 Å². The number of aliphatic hydroxyl groups is 1. The molecule has 0 saturated heterocycles. The minimum atomic E-state index is -0.588. The van der Waals surface area contributed by atoms with Crippen LogP contribution in [0, 0.1) is 13.8 Å². The Labute approximate surface area is 171 Å². The molecule has 2 N–H and O–H groups in total. The molecule has 0 spiro atoms. The fourth-order valence-corrected chi connectivity index (χ4v) is 2.68. The quantitative estimate of drug-likeness (QED) is 0.601. The van der Waals surface area contributed by atoms with Gasteiger partial charge in [0, 0.05) is 12.6 Å². The predicted molar refractivity (Wildman–Crippen MR) is 110 cm³/mol. The van der Waals surface area contributed by atoms with Crippen LogP contribution in [0.1, 0.15) is 29.7 Å². The molecule has 2 aromatic carbocycles. The van der Waals surface area contributed by atoms with Crippen molar-refractivity contribution in [3.63, 3.8) is 0 Å². The average molecular weight is 404 g/mol. The number of aryl methyl sites for hydroxylation is 2. The van der Waals surface area contributed by atoms with Crippen LogP contribution in [0.5, 0.6) is 5.75 Å². The first-order valence-electron chi connectivity index (χ1n) is 8.98. The van der Waals surface area contributed by atoms with Gasteiger partial charge in [0.15, 0.2) is 0 Å². The van der Waals surface area contributed by atoms with Crippen molar-refractivity contribution in [3.8, 4) is 11.4 Å². The average Bonchev–Trinajstić information content (AvgIpc) is 3.22. The second kappa shape index (κ2) is 10.2. The number of nitrogens with one attached hydrogen (secondary N) is 1. The Kier molecular flexibility index (Phi) is 7.92. The molecule has 0 amide bonds. The molecule has 1 heterocycles. The smallest absolute Gasteiger partial charge is 0.143 e. The summed E-state index contributed by atoms with van der Waals surface area (Å²) in [5.41, 5.74) is 4.43. The lowest BCUT2D eigenvalue weighted by molar-refractivity contribution is 0.104. The minimum Gasteiger partial charge on any atom is -0.491 e. The second-order valence-corrected chi connectivity index (χ2v) is 6.69. The van der Waals surface area contributed by atoms with E-state index in [4.69, 9.17) is 4.74 Å². The van der Waals surface area contributed by atoms with Crippen LogP contribution in [0.15, 0.2) is 48.8 Å². The van der Waals surface area contributed by atoms with E-state index < -0.39 is 6.10 Å². The molecule has 2 unspecified atom stereocenters. The Morgan fingerprint density at radius 1 is 1.11 bits per heavy atom. The van der Waals surface area contributed by atoms with Crippen LogP contribution in [0.3, 0.4) is 0 Å². The molecule has 150 valence electrons. The van der Waals surface area contributed by atoms with E-state index in [9.17, 15) is 5.11 Å². The van der Waals surface area contributed by atoms with E-state index >= 15 is 0 Å². The molecular weight excluding hydrogens is 378 g/mol. The van der Waals surface area contributed by atoms with Crippen molar-refractivity contribution in [2.45, 2.75) is 32.9 Å². The highest BCUT2D eigenvalue weighted by molar-refractivity contribution is 5.85. The summed E-state index contributed by atoms with van der Waals surface area (Å²) in [5.74, 6) is 0.781. The Morgan fingerprint density at radius 3 is 2.50 bits per heavy atom. The lowest BCUT2D eigenvalue weighted by Crippen LogP contribution is -2.33. The summed E-state index contributed by atoms with van der Waals surface area (Å²) in [4.78, 5) is 0. The molecular formula is C20H26ClN5O2. The first-order valence-corrected chi connectivity index (χ1v) is 8.98. The molecule has 0 radical (unpaired) electrons. The molecule has 2 atom stereocenters. The molecule has 0 aliphatic carbocycles. The molecule has 8 heteroatoms. The number of ether oxygens (including phenoxy) is 1. The largest absolute Gasteiger partial charge is 0.491 e. The van der Waals surface area contributed by atoms with Gasteiger partial charge in [-0.2, -0.15) is 0 Å². The number of nitrogens with zero attached hydrogens (tertiary/aromatic N) is 4. The molecule has 0 bridgehead atoms. The Balaban J connectivity index is 0.00000280. The normalized spacial score (nSPS) is 12.9. The van der Waals surface area contributed by atoms with Gasteiger partial charge in [-0.1, -0.05) is 18.2 Å². The van der Waals surface area contributed by atoms with E-state index in [0.29, 0.717) is 6.54 Å². The van der Waals surface area contributed by atoms with E-state index in [1.807, 2.05) is 49.4 Å². The molecule has 1 aromatic heterocycles. The lowest BCUT2D eigenvalue weighted by Gasteiger charge is -2.18. The van der Waals surface area contributed by atoms with Crippen LogP contribution >= 0.6 is 12.4 Å². The van der Waals surface area contributed by atoms with Gasteiger partial charge in [-0.3, -0.25) is 0 Å². The standard InChI is InChI=1S/C20H25N5O2.ClH/c1-14-4-9-20(10-15(14)2)27-12-19(26)11-21-16(3)17-5-7-18(8-6-17)25-13-22-23-24-25;/h4-10,13,16,19,21,26H,11-12H2,1-3H3;1H. The van der Waals surface area contributed by atoms with Crippen LogP contribution in [0.4, 0.5) is 0 Å². The monoisotopic (exact) mass is 403 g/mol. The maximum Gasteiger partial charge on any atom is 0.143 e. The van der Waals surface area contributed by atoms with Crippen LogP contribution in [-0.4, -0.2) is 44.6 Å². The van der Waals surface area contributed by atoms with Crippen molar-refractivity contribution < 1.29 is 9.84 Å². The zero-order chi connectivity index (χ0) is 19.2. The summed E-state index contributed by atoms with van der Waals surface area (Å²) in [6.07, 6.45) is 0.970. The third-order valence-electron chi connectivity index (χ3n) is 4.59. The lowest BCUT2D eigenvalue weighted by atomic mass is 10.1. The highest BCUT2D eigenvalue weighted by Crippen LogP contribution is 2.17. The summed E-state index contributed by atoms with van der Waals surface area (Å²) in [6.45, 7) is 6.87. The predicted octanol–water partition coefficient (Wildman–Crippen LogP) is 2.79. The maximum absolute atomic E-state index is 10.2. The molecule has 7 nitrogen and oxygen atoms in total. The molecule has 3 aromatic rings. The molecule has 0 aliphatic rings. The van der Waals surface area contributed by atoms with Crippen LogP contribution < -0.4 is 10.1 Å². The van der Waals surface area contributed by atoms with E-state index in [2.05, 4.69) is 34.7 Å². The van der Waals surface area contributed by atoms with Crippen molar-refractivity contribution in [1.29, 1.82) is 0 Å². The Hall–Kier alpha value is -2.48. The van der Waals surface area contributed by atoms with Gasteiger partial charge in [0.2, 0.25) is 0 Å². The number of tetrazole rings is 1. The van der Waals surface area contributed by atoms with Crippen LogP contribution in [-0.2, 0) is 0 Å². The van der Waals surface area contributed by atoms with Crippen molar-refractivity contribution in [2.75, 3.05) is 13.2 Å². The number of hydrogen-bond donors (Lipinski definition) is 2. The number of aromatic nitrogens is 4. The fraction of sp³-hybridized carbons (Fsp3) is 0.350. The zero-order valence-electron chi connectivity index (χ0n) is 16.2. The van der Waals surface area contributed by atoms with Crippen molar-refractivity contribution in [1.82, 2.24) is 25.5 Å². The van der Waals surface area contributed by atoms with Gasteiger partial charge in [0.25, 0.3) is 0 Å². The zero-order valence-corrected chi connectivity index (χ0v) is 17.1. The third-order valence-corrected chi connectivity index (χ3v) is 4.59. The summed E-state index contributed by atoms with van der Waals surface area (Å²) in [7, 11) is 0.